The summed E-state index contributed by atoms with van der Waals surface area (Å²) in [6.45, 7) is 0. The lowest BCUT2D eigenvalue weighted by molar-refractivity contribution is -0.136. The molecule has 1 aromatic carbocycles. The number of rotatable bonds is 2. The summed E-state index contributed by atoms with van der Waals surface area (Å²) in [4.78, 5) is 46.9. The monoisotopic (exact) mass is 302 g/mol. The zero-order valence-electron chi connectivity index (χ0n) is 11.0. The van der Waals surface area contributed by atoms with Crippen molar-refractivity contribution in [2.24, 2.45) is 0 Å². The van der Waals surface area contributed by atoms with Crippen molar-refractivity contribution in [3.63, 3.8) is 0 Å². The quantitative estimate of drug-likeness (QED) is 0.371. The maximum absolute atomic E-state index is 12.1. The number of nitrogens with two attached hydrogens (primary N) is 2. The lowest BCUT2D eigenvalue weighted by atomic mass is 10.0. The van der Waals surface area contributed by atoms with E-state index in [9.17, 15) is 14.4 Å². The van der Waals surface area contributed by atoms with Crippen molar-refractivity contribution in [2.45, 2.75) is 6.42 Å². The SMILES string of the molecule is Nc1nc(=O)c2c(n1)c(CC(=O)O)cc1c(N)[nH]c(=O)[nH]c12. The molecule has 22 heavy (non-hydrogen) atoms. The van der Waals surface area contributed by atoms with Crippen LogP contribution in [-0.4, -0.2) is 31.0 Å². The van der Waals surface area contributed by atoms with E-state index in [2.05, 4.69) is 19.9 Å². The Bertz CT molecular complexity index is 1050. The van der Waals surface area contributed by atoms with E-state index in [0.717, 1.165) is 0 Å². The van der Waals surface area contributed by atoms with Gasteiger partial charge in [-0.25, -0.2) is 9.78 Å². The minimum absolute atomic E-state index is 0.00325. The third-order valence-corrected chi connectivity index (χ3v) is 3.15. The van der Waals surface area contributed by atoms with Crippen LogP contribution in [0.15, 0.2) is 15.7 Å². The van der Waals surface area contributed by atoms with Crippen molar-refractivity contribution < 1.29 is 9.90 Å². The van der Waals surface area contributed by atoms with Crippen LogP contribution in [0.2, 0.25) is 0 Å². The first kappa shape index (κ1) is 13.5. The molecule has 3 rings (SSSR count). The summed E-state index contributed by atoms with van der Waals surface area (Å²) in [7, 11) is 0. The molecule has 0 aliphatic heterocycles. The number of nitrogen functional groups attached to an aromatic ring is 2. The van der Waals surface area contributed by atoms with Crippen molar-refractivity contribution in [1.29, 1.82) is 0 Å². The Kier molecular flexibility index (Phi) is 2.80. The van der Waals surface area contributed by atoms with Gasteiger partial charge in [0.25, 0.3) is 5.56 Å². The second-order valence-corrected chi connectivity index (χ2v) is 4.63. The van der Waals surface area contributed by atoms with E-state index in [1.165, 1.54) is 6.07 Å². The average molecular weight is 302 g/mol. The highest BCUT2D eigenvalue weighted by atomic mass is 16.4. The maximum Gasteiger partial charge on any atom is 0.324 e. The molecule has 0 amide bonds. The molecule has 10 nitrogen and oxygen atoms in total. The van der Waals surface area contributed by atoms with Gasteiger partial charge in [0.15, 0.2) is 0 Å². The maximum atomic E-state index is 12.1. The molecule has 0 saturated carbocycles. The number of carbonyl (C=O) groups is 1. The van der Waals surface area contributed by atoms with E-state index in [1.54, 1.807) is 0 Å². The van der Waals surface area contributed by atoms with Gasteiger partial charge in [0.05, 0.1) is 22.8 Å². The first-order valence-corrected chi connectivity index (χ1v) is 6.09. The van der Waals surface area contributed by atoms with E-state index >= 15 is 0 Å². The average Bonchev–Trinajstić information content (AvgIpc) is 2.38. The van der Waals surface area contributed by atoms with Crippen molar-refractivity contribution in [3.8, 4) is 0 Å². The largest absolute Gasteiger partial charge is 0.481 e. The number of H-pyrrole nitrogens is 2. The summed E-state index contributed by atoms with van der Waals surface area (Å²) >= 11 is 0. The Morgan fingerprint density at radius 1 is 1.23 bits per heavy atom. The summed E-state index contributed by atoms with van der Waals surface area (Å²) in [5.41, 5.74) is 10.3. The summed E-state index contributed by atoms with van der Waals surface area (Å²) in [5, 5.41) is 9.27. The number of nitrogens with one attached hydrogen (secondary N) is 2. The molecule has 0 unspecified atom stereocenters. The molecular formula is C12H10N6O4. The normalized spacial score (nSPS) is 11.1. The van der Waals surface area contributed by atoms with Crippen molar-refractivity contribution in [2.75, 3.05) is 11.5 Å². The standard InChI is InChI=1S/C12H10N6O4/c13-9-4-1-3(2-5(19)20)7-6(8(4)16-12(22)17-9)10(21)18-11(14)15-7/h1H,2,13H2,(H,19,20)(H2,14,18,21)(H2,16,17,22). The molecule has 10 heteroatoms. The highest BCUT2D eigenvalue weighted by Crippen LogP contribution is 2.26. The van der Waals surface area contributed by atoms with Crippen molar-refractivity contribution >= 4 is 39.5 Å². The molecule has 7 N–H and O–H groups in total. The number of aromatic nitrogens is 4. The molecule has 0 aliphatic carbocycles. The van der Waals surface area contributed by atoms with Crippen LogP contribution in [0.3, 0.4) is 0 Å². The molecule has 0 radical (unpaired) electrons. The molecule has 0 bridgehead atoms. The minimum atomic E-state index is -1.11. The Balaban J connectivity index is 2.62. The van der Waals surface area contributed by atoms with Crippen LogP contribution in [0.25, 0.3) is 21.8 Å². The molecule has 0 saturated heterocycles. The molecule has 2 heterocycles. The van der Waals surface area contributed by atoms with Crippen LogP contribution in [0.1, 0.15) is 5.56 Å². The molecule has 2 aromatic heterocycles. The number of carboxylic acids is 1. The van der Waals surface area contributed by atoms with E-state index in [-0.39, 0.29) is 40.2 Å². The van der Waals surface area contributed by atoms with Gasteiger partial charge in [0.1, 0.15) is 5.82 Å². The number of hydrogen-bond acceptors (Lipinski definition) is 7. The third-order valence-electron chi connectivity index (χ3n) is 3.15. The molecule has 0 fully saturated rings. The Hall–Kier alpha value is -3.43. The van der Waals surface area contributed by atoms with Crippen LogP contribution in [0.5, 0.6) is 0 Å². The Morgan fingerprint density at radius 3 is 2.64 bits per heavy atom. The van der Waals surface area contributed by atoms with E-state index in [1.807, 2.05) is 0 Å². The first-order valence-electron chi connectivity index (χ1n) is 6.09. The summed E-state index contributed by atoms with van der Waals surface area (Å²) in [6.07, 6.45) is -0.388. The number of aromatic amines is 2. The van der Waals surface area contributed by atoms with E-state index in [4.69, 9.17) is 16.6 Å². The number of hydrogen-bond donors (Lipinski definition) is 5. The van der Waals surface area contributed by atoms with Gasteiger partial charge < -0.3 is 21.6 Å². The van der Waals surface area contributed by atoms with E-state index in [0.29, 0.717) is 5.39 Å². The van der Waals surface area contributed by atoms with Crippen LogP contribution in [-0.2, 0) is 11.2 Å². The van der Waals surface area contributed by atoms with Gasteiger partial charge in [-0.3, -0.25) is 14.6 Å². The second kappa shape index (κ2) is 4.55. The van der Waals surface area contributed by atoms with Crippen LogP contribution < -0.4 is 22.7 Å². The van der Waals surface area contributed by atoms with Crippen molar-refractivity contribution in [3.05, 3.63) is 32.5 Å². The molecule has 0 spiro atoms. The minimum Gasteiger partial charge on any atom is -0.481 e. The molecule has 112 valence electrons. The number of fused-ring (bicyclic) bond motifs is 3. The first-order chi connectivity index (χ1) is 10.4. The summed E-state index contributed by atoms with van der Waals surface area (Å²) < 4.78 is 0. The lowest BCUT2D eigenvalue weighted by Gasteiger charge is -2.09. The Morgan fingerprint density at radius 2 is 1.95 bits per heavy atom. The van der Waals surface area contributed by atoms with Crippen LogP contribution in [0.4, 0.5) is 11.8 Å². The number of aliphatic carboxylic acids is 1. The highest BCUT2D eigenvalue weighted by molar-refractivity contribution is 6.08. The smallest absolute Gasteiger partial charge is 0.324 e. The summed E-state index contributed by atoms with van der Waals surface area (Å²) in [5.74, 6) is -1.39. The zero-order chi connectivity index (χ0) is 16.0. The van der Waals surface area contributed by atoms with Gasteiger partial charge in [-0.1, -0.05) is 0 Å². The number of carboxylic acid groups (broad SMARTS) is 1. The molecule has 3 aromatic rings. The lowest BCUT2D eigenvalue weighted by Crippen LogP contribution is -2.18. The number of benzene rings is 1. The predicted octanol–water partition coefficient (Wildman–Crippen LogP) is -1.05. The number of nitrogens with zero attached hydrogens (tertiary/aromatic N) is 2. The topological polar surface area (TPSA) is 181 Å². The van der Waals surface area contributed by atoms with Gasteiger partial charge in [-0.05, 0) is 11.6 Å². The molecule has 0 aliphatic rings. The predicted molar refractivity (Wildman–Crippen MR) is 78.4 cm³/mol. The van der Waals surface area contributed by atoms with Crippen LogP contribution in [0, 0.1) is 0 Å². The molecular weight excluding hydrogens is 292 g/mol. The number of anilines is 2. The fourth-order valence-electron chi connectivity index (χ4n) is 2.34. The van der Waals surface area contributed by atoms with Crippen LogP contribution >= 0.6 is 0 Å². The van der Waals surface area contributed by atoms with Gasteiger partial charge in [-0.2, -0.15) is 4.98 Å². The zero-order valence-corrected chi connectivity index (χ0v) is 11.0. The second-order valence-electron chi connectivity index (χ2n) is 4.63. The van der Waals surface area contributed by atoms with Gasteiger partial charge in [0.2, 0.25) is 5.95 Å². The fraction of sp³-hybridized carbons (Fsp3) is 0.0833. The fourth-order valence-corrected chi connectivity index (χ4v) is 2.34. The highest BCUT2D eigenvalue weighted by Gasteiger charge is 2.17. The van der Waals surface area contributed by atoms with E-state index < -0.39 is 17.2 Å². The van der Waals surface area contributed by atoms with Gasteiger partial charge in [-0.15, -0.1) is 0 Å². The van der Waals surface area contributed by atoms with Crippen molar-refractivity contribution in [1.82, 2.24) is 19.9 Å². The third kappa shape index (κ3) is 2.02. The van der Waals surface area contributed by atoms with Gasteiger partial charge >= 0.3 is 11.7 Å². The van der Waals surface area contributed by atoms with Gasteiger partial charge in [0, 0.05) is 5.39 Å². The molecule has 0 atom stereocenters. The summed E-state index contributed by atoms with van der Waals surface area (Å²) in [6, 6.07) is 1.44. The Labute approximate surface area is 120 Å².